The van der Waals surface area contributed by atoms with Crippen molar-refractivity contribution in [2.75, 3.05) is 0 Å². The van der Waals surface area contributed by atoms with Crippen molar-refractivity contribution in [3.05, 3.63) is 23.9 Å². The molecule has 1 aromatic heterocycles. The molecule has 1 aromatic rings. The lowest BCUT2D eigenvalue weighted by Gasteiger charge is -1.96. The van der Waals surface area contributed by atoms with Crippen LogP contribution in [-0.2, 0) is 6.32 Å². The highest BCUT2D eigenvalue weighted by Gasteiger charge is 1.90. The fraction of sp³-hybridized carbons (Fsp3) is 0.286. The lowest BCUT2D eigenvalue weighted by atomic mass is 9.77. The molecule has 1 rings (SSSR count). The van der Waals surface area contributed by atoms with Crippen LogP contribution in [0.25, 0.3) is 0 Å². The Kier molecular flexibility index (Phi) is 2.55. The van der Waals surface area contributed by atoms with E-state index in [0.29, 0.717) is 6.32 Å². The highest BCUT2D eigenvalue weighted by Crippen LogP contribution is 1.91. The van der Waals surface area contributed by atoms with Gasteiger partial charge in [-0.15, -0.1) is 0 Å². The van der Waals surface area contributed by atoms with E-state index in [1.165, 1.54) is 0 Å². The normalized spacial score (nSPS) is 9.30. The van der Waals surface area contributed by atoms with Crippen LogP contribution in [-0.4, -0.2) is 20.1 Å². The highest BCUT2D eigenvalue weighted by molar-refractivity contribution is 6.50. The molecule has 0 saturated heterocycles. The first-order valence-corrected chi connectivity index (χ1v) is 3.31. The molecular weight excluding hydrogens is 120 g/mol. The Morgan fingerprint density at radius 3 is 2.80 bits per heavy atom. The Morgan fingerprint density at radius 2 is 2.40 bits per heavy atom. The zero-order valence-corrected chi connectivity index (χ0v) is 6.04. The molecule has 1 heterocycles. The summed E-state index contributed by atoms with van der Waals surface area (Å²) in [6.07, 6.45) is 2.37. The molecule has 0 aliphatic heterocycles. The summed E-state index contributed by atoms with van der Waals surface area (Å²) in [6.45, 7) is 1.96. The van der Waals surface area contributed by atoms with Crippen molar-refractivity contribution >= 4 is 20.7 Å². The Bertz CT molecular complexity index is 172. The second-order valence-corrected chi connectivity index (χ2v) is 2.08. The molecule has 0 atom stereocenters. The molecule has 1 nitrogen and oxygen atoms in total. The van der Waals surface area contributed by atoms with Crippen molar-refractivity contribution in [2.24, 2.45) is 0 Å². The number of rotatable bonds is 2. The predicted octanol–water partition coefficient (Wildman–Crippen LogP) is 0.128. The van der Waals surface area contributed by atoms with E-state index in [2.05, 4.69) is 4.98 Å². The minimum absolute atomic E-state index is 0.566. The first-order valence-electron chi connectivity index (χ1n) is 3.31. The van der Waals surface area contributed by atoms with Gasteiger partial charge in [-0.1, -0.05) is 25.3 Å². The van der Waals surface area contributed by atoms with Gasteiger partial charge in [-0.05, 0) is 11.2 Å². The van der Waals surface area contributed by atoms with Crippen molar-refractivity contribution in [3.8, 4) is 0 Å². The Labute approximate surface area is 63.5 Å². The minimum Gasteiger partial charge on any atom is -0.272 e. The summed E-state index contributed by atoms with van der Waals surface area (Å²) >= 11 is 0. The smallest absolute Gasteiger partial charge is 0.174 e. The molecule has 3 heteroatoms. The number of pyridine rings is 1. The van der Waals surface area contributed by atoms with Crippen molar-refractivity contribution in [3.63, 3.8) is 0 Å². The van der Waals surface area contributed by atoms with E-state index in [1.54, 1.807) is 6.20 Å². The molecule has 0 N–H and O–H groups in total. The third-order valence-corrected chi connectivity index (χ3v) is 1.38. The van der Waals surface area contributed by atoms with Crippen molar-refractivity contribution < 1.29 is 0 Å². The third kappa shape index (κ3) is 1.63. The number of aromatic nitrogens is 1. The van der Waals surface area contributed by atoms with Crippen LogP contribution in [0, 0.1) is 0 Å². The molecule has 0 fully saturated rings. The van der Waals surface area contributed by atoms with Crippen LogP contribution in [0.5, 0.6) is 0 Å². The first-order chi connectivity index (χ1) is 4.86. The summed E-state index contributed by atoms with van der Waals surface area (Å²) < 4.78 is 0. The average molecular weight is 128 g/mol. The predicted molar refractivity (Wildman–Crippen MR) is 44.9 cm³/mol. The van der Waals surface area contributed by atoms with Crippen LogP contribution in [0.3, 0.4) is 0 Å². The van der Waals surface area contributed by atoms with E-state index in [1.807, 2.05) is 26.2 Å². The van der Waals surface area contributed by atoms with E-state index in [9.17, 15) is 0 Å². The molecule has 0 aliphatic rings. The van der Waals surface area contributed by atoms with Crippen LogP contribution in [0.4, 0.5) is 0 Å². The topological polar surface area (TPSA) is 12.9 Å². The summed E-state index contributed by atoms with van der Waals surface area (Å²) in [5.74, 6) is 0. The lowest BCUT2D eigenvalue weighted by Crippen LogP contribution is -2.14. The van der Waals surface area contributed by atoms with Gasteiger partial charge in [0.25, 0.3) is 0 Å². The fourth-order valence-corrected chi connectivity index (χ4v) is 0.727. The summed E-state index contributed by atoms with van der Waals surface area (Å²) in [4.78, 5) is 4.13. The van der Waals surface area contributed by atoms with E-state index in [4.69, 9.17) is 7.85 Å². The van der Waals surface area contributed by atoms with Gasteiger partial charge in [0.1, 0.15) is 0 Å². The summed E-state index contributed by atoms with van der Waals surface area (Å²) in [7, 11) is 7.35. The number of nitrogens with zero attached hydrogens (tertiary/aromatic N) is 1. The van der Waals surface area contributed by atoms with Gasteiger partial charge in [-0.25, -0.2) is 0 Å². The first kappa shape index (κ1) is 7.39. The number of hydrogen-bond acceptors (Lipinski definition) is 1. The van der Waals surface area contributed by atoms with Crippen LogP contribution in [0.2, 0.25) is 6.82 Å². The highest BCUT2D eigenvalue weighted by atomic mass is 14.6. The van der Waals surface area contributed by atoms with Crippen molar-refractivity contribution in [2.45, 2.75) is 13.1 Å². The Balaban J connectivity index is 2.80. The second-order valence-electron chi connectivity index (χ2n) is 2.08. The van der Waals surface area contributed by atoms with Gasteiger partial charge in [0.05, 0.1) is 7.85 Å². The van der Waals surface area contributed by atoms with E-state index >= 15 is 0 Å². The minimum atomic E-state index is 0.566. The molecule has 3 radical (unpaired) electrons. The van der Waals surface area contributed by atoms with Crippen LogP contribution < -0.4 is 5.59 Å². The van der Waals surface area contributed by atoms with E-state index in [-0.39, 0.29) is 0 Å². The molecule has 0 unspecified atom stereocenters. The van der Waals surface area contributed by atoms with E-state index in [0.717, 1.165) is 11.2 Å². The van der Waals surface area contributed by atoms with Gasteiger partial charge in [-0.2, -0.15) is 0 Å². The van der Waals surface area contributed by atoms with Crippen molar-refractivity contribution in [1.29, 1.82) is 0 Å². The molecule has 0 aromatic carbocycles. The molecular formula is C7H8B2N. The molecule has 10 heavy (non-hydrogen) atoms. The third-order valence-electron chi connectivity index (χ3n) is 1.38. The zero-order chi connectivity index (χ0) is 7.40. The van der Waals surface area contributed by atoms with Gasteiger partial charge < -0.3 is 0 Å². The summed E-state index contributed by atoms with van der Waals surface area (Å²) in [6, 6.07) is 3.95. The molecule has 0 aliphatic carbocycles. The maximum Gasteiger partial charge on any atom is 0.174 e. The van der Waals surface area contributed by atoms with Crippen LogP contribution in [0.15, 0.2) is 18.3 Å². The van der Waals surface area contributed by atoms with Crippen LogP contribution >= 0.6 is 0 Å². The number of hydrogen-bond donors (Lipinski definition) is 0. The molecule has 0 spiro atoms. The molecule has 0 saturated carbocycles. The van der Waals surface area contributed by atoms with Gasteiger partial charge in [0.2, 0.25) is 0 Å². The lowest BCUT2D eigenvalue weighted by molar-refractivity contribution is 1.28. The van der Waals surface area contributed by atoms with Gasteiger partial charge in [0.15, 0.2) is 7.28 Å². The van der Waals surface area contributed by atoms with Crippen molar-refractivity contribution in [1.82, 2.24) is 4.98 Å². The average Bonchev–Trinajstić information content (AvgIpc) is 2.05. The molecule has 47 valence electrons. The molecule has 0 amide bonds. The van der Waals surface area contributed by atoms with Gasteiger partial charge in [0, 0.05) is 6.20 Å². The van der Waals surface area contributed by atoms with Crippen LogP contribution in [0.1, 0.15) is 5.56 Å². The Hall–Kier alpha value is -0.720. The quantitative estimate of drug-likeness (QED) is 0.515. The Morgan fingerprint density at radius 1 is 1.60 bits per heavy atom. The molecule has 0 bridgehead atoms. The van der Waals surface area contributed by atoms with E-state index < -0.39 is 0 Å². The summed E-state index contributed by atoms with van der Waals surface area (Å²) in [5.41, 5.74) is 2.07. The second kappa shape index (κ2) is 3.45. The maximum atomic E-state index is 5.39. The van der Waals surface area contributed by atoms with Gasteiger partial charge >= 0.3 is 0 Å². The SMILES string of the molecule is [B]Cc1ccc([B]C)nc1. The summed E-state index contributed by atoms with van der Waals surface area (Å²) in [5, 5.41) is 0. The maximum absolute atomic E-state index is 5.39. The monoisotopic (exact) mass is 128 g/mol. The van der Waals surface area contributed by atoms with Gasteiger partial charge in [-0.3, -0.25) is 4.98 Å². The largest absolute Gasteiger partial charge is 0.272 e. The zero-order valence-electron chi connectivity index (χ0n) is 6.04. The standard InChI is InChI=1S/C7H8B2N/c1-9-7-3-2-6(4-8)5-10-7/h2-3,5H,4H2,1H3. The fourth-order valence-electron chi connectivity index (χ4n) is 0.727.